The Kier molecular flexibility index (Phi) is 6.19. The Morgan fingerprint density at radius 2 is 2.18 bits per heavy atom. The number of carbonyl (C=O) groups excluding carboxylic acids is 1. The molecule has 0 fully saturated rings. The van der Waals surface area contributed by atoms with E-state index in [4.69, 9.17) is 9.26 Å². The van der Waals surface area contributed by atoms with E-state index in [1.54, 1.807) is 30.6 Å². The van der Waals surface area contributed by atoms with Gasteiger partial charge in [0.15, 0.2) is 0 Å². The Bertz CT molecular complexity index is 985. The highest BCUT2D eigenvalue weighted by Crippen LogP contribution is 2.15. The molecule has 0 atom stereocenters. The zero-order chi connectivity index (χ0) is 19.8. The quantitative estimate of drug-likeness (QED) is 0.192. The third kappa shape index (κ3) is 5.31. The lowest BCUT2D eigenvalue weighted by Gasteiger charge is -2.00. The first kappa shape index (κ1) is 18.9. The number of nitro benzene ring substituents is 1. The summed E-state index contributed by atoms with van der Waals surface area (Å²) in [4.78, 5) is 30.2. The fourth-order valence-corrected chi connectivity index (χ4v) is 2.32. The van der Waals surface area contributed by atoms with Crippen LogP contribution in [0.15, 0.2) is 59.4 Å². The summed E-state index contributed by atoms with van der Waals surface area (Å²) in [5, 5.41) is 14.6. The summed E-state index contributed by atoms with van der Waals surface area (Å²) in [6.45, 7) is 0.183. The summed E-state index contributed by atoms with van der Waals surface area (Å²) in [7, 11) is 0. The van der Waals surface area contributed by atoms with Gasteiger partial charge in [0.25, 0.3) is 5.69 Å². The molecule has 3 rings (SSSR count). The van der Waals surface area contributed by atoms with Crippen LogP contribution in [-0.2, 0) is 16.0 Å². The van der Waals surface area contributed by atoms with Crippen molar-refractivity contribution in [2.45, 2.75) is 12.8 Å². The van der Waals surface area contributed by atoms with Gasteiger partial charge in [0.05, 0.1) is 11.5 Å². The van der Waals surface area contributed by atoms with E-state index in [1.807, 2.05) is 6.07 Å². The predicted octanol–water partition coefficient (Wildman–Crippen LogP) is 3.23. The summed E-state index contributed by atoms with van der Waals surface area (Å²) >= 11 is 0. The molecule has 0 aliphatic rings. The number of hydrogen-bond donors (Lipinski definition) is 0. The number of rotatable bonds is 8. The number of benzene rings is 1. The fraction of sp³-hybridized carbons (Fsp3) is 0.158. The summed E-state index contributed by atoms with van der Waals surface area (Å²) in [6.07, 6.45) is 6.98. The largest absolute Gasteiger partial charge is 0.463 e. The second kappa shape index (κ2) is 9.17. The van der Waals surface area contributed by atoms with Gasteiger partial charge in [-0.1, -0.05) is 17.3 Å². The number of carbonyl (C=O) groups is 1. The number of nitrogens with zero attached hydrogens (tertiary/aromatic N) is 4. The van der Waals surface area contributed by atoms with Crippen LogP contribution in [0.5, 0.6) is 0 Å². The third-order valence-corrected chi connectivity index (χ3v) is 3.66. The van der Waals surface area contributed by atoms with Crippen molar-refractivity contribution >= 4 is 17.7 Å². The maximum absolute atomic E-state index is 11.7. The SMILES string of the molecule is O=C(/C=C/c1cccc([N+](=O)[O-])c1)OCCCc1nc(-c2cccnc2)no1. The Morgan fingerprint density at radius 3 is 2.96 bits per heavy atom. The molecule has 0 saturated carbocycles. The van der Waals surface area contributed by atoms with Crippen molar-refractivity contribution in [1.29, 1.82) is 0 Å². The summed E-state index contributed by atoms with van der Waals surface area (Å²) < 4.78 is 10.3. The molecule has 1 aromatic carbocycles. The molecule has 0 amide bonds. The number of hydrogen-bond acceptors (Lipinski definition) is 8. The Hall–Kier alpha value is -3.88. The van der Waals surface area contributed by atoms with Crippen molar-refractivity contribution in [2.24, 2.45) is 0 Å². The maximum atomic E-state index is 11.7. The smallest absolute Gasteiger partial charge is 0.330 e. The molecule has 0 bridgehead atoms. The number of pyridine rings is 1. The topological polar surface area (TPSA) is 121 Å². The van der Waals surface area contributed by atoms with Crippen LogP contribution in [-0.4, -0.2) is 32.6 Å². The van der Waals surface area contributed by atoms with Gasteiger partial charge in [-0.05, 0) is 30.2 Å². The van der Waals surface area contributed by atoms with Crippen molar-refractivity contribution in [1.82, 2.24) is 15.1 Å². The molecule has 0 radical (unpaired) electrons. The summed E-state index contributed by atoms with van der Waals surface area (Å²) in [5.74, 6) is 0.370. The molecule has 28 heavy (non-hydrogen) atoms. The first-order chi connectivity index (χ1) is 13.6. The molecular formula is C19H16N4O5. The minimum absolute atomic E-state index is 0.0410. The predicted molar refractivity (Wildman–Crippen MR) is 98.9 cm³/mol. The van der Waals surface area contributed by atoms with E-state index in [0.717, 1.165) is 5.56 Å². The Morgan fingerprint density at radius 1 is 1.29 bits per heavy atom. The second-order valence-corrected chi connectivity index (χ2v) is 5.71. The lowest BCUT2D eigenvalue weighted by Crippen LogP contribution is -2.03. The van der Waals surface area contributed by atoms with Gasteiger partial charge in [0.2, 0.25) is 11.7 Å². The molecule has 2 heterocycles. The fourth-order valence-electron chi connectivity index (χ4n) is 2.32. The average molecular weight is 380 g/mol. The van der Waals surface area contributed by atoms with Gasteiger partial charge in [-0.15, -0.1) is 0 Å². The Labute approximate surface area is 159 Å². The molecule has 0 aliphatic heterocycles. The van der Waals surface area contributed by atoms with Gasteiger partial charge >= 0.3 is 5.97 Å². The van der Waals surface area contributed by atoms with Crippen LogP contribution in [0.1, 0.15) is 17.9 Å². The minimum atomic E-state index is -0.534. The standard InChI is InChI=1S/C19H16N4O5/c24-18(9-8-14-4-1-6-16(12-14)23(25)26)27-11-3-7-17-21-19(22-28-17)15-5-2-10-20-13-15/h1-2,4-6,8-10,12-13H,3,7,11H2/b9-8+. The summed E-state index contributed by atoms with van der Waals surface area (Å²) in [6, 6.07) is 9.58. The first-order valence-electron chi connectivity index (χ1n) is 8.44. The van der Waals surface area contributed by atoms with E-state index in [2.05, 4.69) is 15.1 Å². The number of aromatic nitrogens is 3. The second-order valence-electron chi connectivity index (χ2n) is 5.71. The van der Waals surface area contributed by atoms with Gasteiger partial charge in [-0.2, -0.15) is 4.98 Å². The van der Waals surface area contributed by atoms with Gasteiger partial charge in [-0.3, -0.25) is 15.1 Å². The number of non-ortho nitro benzene ring substituents is 1. The van der Waals surface area contributed by atoms with Gasteiger partial charge in [0.1, 0.15) is 0 Å². The first-order valence-corrected chi connectivity index (χ1v) is 8.44. The van der Waals surface area contributed by atoms with Gasteiger partial charge < -0.3 is 9.26 Å². The van der Waals surface area contributed by atoms with Crippen molar-refractivity contribution in [3.63, 3.8) is 0 Å². The van der Waals surface area contributed by atoms with Crippen LogP contribution in [0.4, 0.5) is 5.69 Å². The molecule has 0 unspecified atom stereocenters. The lowest BCUT2D eigenvalue weighted by molar-refractivity contribution is -0.384. The third-order valence-electron chi connectivity index (χ3n) is 3.66. The monoisotopic (exact) mass is 380 g/mol. The zero-order valence-electron chi connectivity index (χ0n) is 14.7. The van der Waals surface area contributed by atoms with Crippen LogP contribution in [0.25, 0.3) is 17.5 Å². The number of nitro groups is 1. The number of esters is 1. The van der Waals surface area contributed by atoms with Crippen molar-refractivity contribution in [3.05, 3.63) is 76.4 Å². The maximum Gasteiger partial charge on any atom is 0.330 e. The molecule has 0 aliphatic carbocycles. The lowest BCUT2D eigenvalue weighted by atomic mass is 10.2. The van der Waals surface area contributed by atoms with Crippen molar-refractivity contribution < 1.29 is 19.0 Å². The van der Waals surface area contributed by atoms with Crippen LogP contribution in [0, 0.1) is 10.1 Å². The van der Waals surface area contributed by atoms with Crippen LogP contribution < -0.4 is 0 Å². The molecule has 0 saturated heterocycles. The van der Waals surface area contributed by atoms with E-state index < -0.39 is 10.9 Å². The minimum Gasteiger partial charge on any atom is -0.463 e. The average Bonchev–Trinajstić information content (AvgIpc) is 3.19. The molecular weight excluding hydrogens is 364 g/mol. The molecule has 0 N–H and O–H groups in total. The van der Waals surface area contributed by atoms with Gasteiger partial charge in [-0.25, -0.2) is 4.79 Å². The zero-order valence-corrected chi connectivity index (χ0v) is 14.7. The van der Waals surface area contributed by atoms with E-state index in [9.17, 15) is 14.9 Å². The van der Waals surface area contributed by atoms with Crippen LogP contribution >= 0.6 is 0 Å². The van der Waals surface area contributed by atoms with Crippen LogP contribution in [0.3, 0.4) is 0 Å². The highest BCUT2D eigenvalue weighted by molar-refractivity contribution is 5.87. The van der Waals surface area contributed by atoms with E-state index in [1.165, 1.54) is 24.3 Å². The molecule has 0 spiro atoms. The van der Waals surface area contributed by atoms with Crippen LogP contribution in [0.2, 0.25) is 0 Å². The van der Waals surface area contributed by atoms with Gasteiger partial charge in [0, 0.05) is 42.6 Å². The van der Waals surface area contributed by atoms with Crippen molar-refractivity contribution in [3.8, 4) is 11.4 Å². The molecule has 9 nitrogen and oxygen atoms in total. The van der Waals surface area contributed by atoms with E-state index in [0.29, 0.717) is 30.1 Å². The highest BCUT2D eigenvalue weighted by atomic mass is 16.6. The normalized spacial score (nSPS) is 10.9. The van der Waals surface area contributed by atoms with E-state index in [-0.39, 0.29) is 12.3 Å². The highest BCUT2D eigenvalue weighted by Gasteiger charge is 2.09. The summed E-state index contributed by atoms with van der Waals surface area (Å²) in [5.41, 5.74) is 1.26. The molecule has 2 aromatic heterocycles. The molecule has 3 aromatic rings. The van der Waals surface area contributed by atoms with E-state index >= 15 is 0 Å². The van der Waals surface area contributed by atoms with Crippen molar-refractivity contribution in [2.75, 3.05) is 6.61 Å². The molecule has 142 valence electrons. The number of aryl methyl sites for hydroxylation is 1. The number of ether oxygens (including phenoxy) is 1. The molecule has 9 heteroatoms. The Balaban J connectivity index is 1.43.